The molecule has 0 fully saturated rings. The quantitative estimate of drug-likeness (QED) is 0.741. The van der Waals surface area contributed by atoms with Gasteiger partial charge in [0.1, 0.15) is 11.5 Å². The molecule has 0 bridgehead atoms. The fourth-order valence-electron chi connectivity index (χ4n) is 2.88. The number of ketones is 1. The Bertz CT molecular complexity index is 658. The third-order valence-corrected chi connectivity index (χ3v) is 4.06. The topological polar surface area (TPSA) is 26.3 Å². The molecular weight excluding hydrogens is 260 g/mol. The number of hydrogen-bond acceptors (Lipinski definition) is 2. The van der Waals surface area contributed by atoms with Crippen LogP contribution in [0.5, 0.6) is 11.5 Å². The summed E-state index contributed by atoms with van der Waals surface area (Å²) in [6, 6.07) is 13.8. The Morgan fingerprint density at radius 2 is 1.81 bits per heavy atom. The number of hydrogen-bond donors (Lipinski definition) is 0. The average Bonchev–Trinajstić information content (AvgIpc) is 2.54. The van der Waals surface area contributed by atoms with Crippen LogP contribution in [-0.4, -0.2) is 5.78 Å². The molecule has 0 radical (unpaired) electrons. The van der Waals surface area contributed by atoms with Gasteiger partial charge in [-0.25, -0.2) is 0 Å². The molecule has 21 heavy (non-hydrogen) atoms. The molecular formula is C19H20O2. The second kappa shape index (κ2) is 6.13. The summed E-state index contributed by atoms with van der Waals surface area (Å²) in [6.45, 7) is 1.87. The maximum Gasteiger partial charge on any atom is 0.166 e. The number of carbonyl (C=O) groups is 1. The molecule has 108 valence electrons. The van der Waals surface area contributed by atoms with E-state index in [1.807, 2.05) is 37.3 Å². The van der Waals surface area contributed by atoms with E-state index >= 15 is 0 Å². The molecule has 0 spiro atoms. The van der Waals surface area contributed by atoms with Gasteiger partial charge in [0.2, 0.25) is 0 Å². The van der Waals surface area contributed by atoms with Gasteiger partial charge >= 0.3 is 0 Å². The van der Waals surface area contributed by atoms with E-state index in [-0.39, 0.29) is 5.78 Å². The van der Waals surface area contributed by atoms with Gasteiger partial charge in [-0.2, -0.15) is 0 Å². The lowest BCUT2D eigenvalue weighted by atomic mass is 9.92. The summed E-state index contributed by atoms with van der Waals surface area (Å²) in [5, 5.41) is 0. The number of rotatable bonds is 4. The van der Waals surface area contributed by atoms with Gasteiger partial charge in [0.05, 0.1) is 5.56 Å². The van der Waals surface area contributed by atoms with Gasteiger partial charge in [-0.15, -0.1) is 0 Å². The molecule has 0 saturated carbocycles. The molecule has 2 aromatic rings. The monoisotopic (exact) mass is 280 g/mol. The number of Topliss-reactive ketones (excluding diaryl/α,β-unsaturated/α-hetero) is 1. The highest BCUT2D eigenvalue weighted by atomic mass is 16.5. The van der Waals surface area contributed by atoms with Crippen molar-refractivity contribution in [2.45, 2.75) is 39.0 Å². The van der Waals surface area contributed by atoms with E-state index in [0.717, 1.165) is 12.2 Å². The van der Waals surface area contributed by atoms with Crippen LogP contribution in [-0.2, 0) is 12.8 Å². The van der Waals surface area contributed by atoms with Crippen molar-refractivity contribution in [3.05, 3.63) is 59.2 Å². The first-order valence-corrected chi connectivity index (χ1v) is 7.70. The largest absolute Gasteiger partial charge is 0.457 e. The van der Waals surface area contributed by atoms with Crippen molar-refractivity contribution in [2.24, 2.45) is 0 Å². The Labute approximate surface area is 125 Å². The van der Waals surface area contributed by atoms with Crippen LogP contribution in [0, 0.1) is 0 Å². The van der Waals surface area contributed by atoms with Gasteiger partial charge < -0.3 is 4.74 Å². The summed E-state index contributed by atoms with van der Waals surface area (Å²) in [5.41, 5.74) is 3.49. The van der Waals surface area contributed by atoms with Crippen molar-refractivity contribution >= 4 is 5.78 Å². The summed E-state index contributed by atoms with van der Waals surface area (Å²) in [5.74, 6) is 1.59. The highest BCUT2D eigenvalue weighted by Gasteiger charge is 2.13. The van der Waals surface area contributed by atoms with E-state index in [4.69, 9.17) is 4.74 Å². The maximum atomic E-state index is 12.0. The molecule has 0 amide bonds. The van der Waals surface area contributed by atoms with E-state index < -0.39 is 0 Å². The zero-order chi connectivity index (χ0) is 14.7. The Balaban J connectivity index is 1.89. The molecule has 0 saturated heterocycles. The average molecular weight is 280 g/mol. The normalized spacial score (nSPS) is 13.6. The Morgan fingerprint density at radius 3 is 2.62 bits per heavy atom. The summed E-state index contributed by atoms with van der Waals surface area (Å²) < 4.78 is 5.98. The number of fused-ring (bicyclic) bond motifs is 1. The van der Waals surface area contributed by atoms with Crippen LogP contribution in [0.1, 0.15) is 47.7 Å². The molecule has 0 atom stereocenters. The minimum absolute atomic E-state index is 0.114. The first kappa shape index (κ1) is 13.9. The predicted octanol–water partition coefficient (Wildman–Crippen LogP) is 4.95. The number of benzene rings is 2. The van der Waals surface area contributed by atoms with Crippen LogP contribution in [0.2, 0.25) is 0 Å². The Hall–Kier alpha value is -2.09. The number of ether oxygens (including phenoxy) is 1. The molecule has 0 N–H and O–H groups in total. The van der Waals surface area contributed by atoms with Gasteiger partial charge in [-0.1, -0.05) is 25.1 Å². The molecule has 1 aliphatic carbocycles. The zero-order valence-corrected chi connectivity index (χ0v) is 12.4. The van der Waals surface area contributed by atoms with Gasteiger partial charge in [0.25, 0.3) is 0 Å². The van der Waals surface area contributed by atoms with E-state index in [0.29, 0.717) is 17.7 Å². The second-order valence-corrected chi connectivity index (χ2v) is 5.51. The van der Waals surface area contributed by atoms with E-state index in [1.165, 1.54) is 30.4 Å². The van der Waals surface area contributed by atoms with Gasteiger partial charge in [0, 0.05) is 6.42 Å². The van der Waals surface area contributed by atoms with E-state index in [1.54, 1.807) is 0 Å². The second-order valence-electron chi connectivity index (χ2n) is 5.51. The van der Waals surface area contributed by atoms with E-state index in [9.17, 15) is 4.79 Å². The highest BCUT2D eigenvalue weighted by Crippen LogP contribution is 2.30. The smallest absolute Gasteiger partial charge is 0.166 e. The Kier molecular flexibility index (Phi) is 4.05. The van der Waals surface area contributed by atoms with Gasteiger partial charge in [0.15, 0.2) is 5.78 Å². The summed E-state index contributed by atoms with van der Waals surface area (Å²) in [6.07, 6.45) is 5.32. The molecule has 0 heterocycles. The molecule has 1 aliphatic rings. The third-order valence-electron chi connectivity index (χ3n) is 4.06. The minimum atomic E-state index is 0.114. The molecule has 3 rings (SSSR count). The van der Waals surface area contributed by atoms with Crippen molar-refractivity contribution < 1.29 is 9.53 Å². The SMILES string of the molecule is CCC(=O)c1ccccc1Oc1ccc2c(c1)CCCC2. The fourth-order valence-corrected chi connectivity index (χ4v) is 2.88. The molecule has 2 heteroatoms. The minimum Gasteiger partial charge on any atom is -0.457 e. The van der Waals surface area contributed by atoms with Crippen molar-refractivity contribution in [3.8, 4) is 11.5 Å². The predicted molar refractivity (Wildman–Crippen MR) is 84.2 cm³/mol. The van der Waals surface area contributed by atoms with Gasteiger partial charge in [-0.05, 0) is 61.1 Å². The summed E-state index contributed by atoms with van der Waals surface area (Å²) >= 11 is 0. The lowest BCUT2D eigenvalue weighted by Crippen LogP contribution is -2.03. The maximum absolute atomic E-state index is 12.0. The van der Waals surface area contributed by atoms with Crippen LogP contribution >= 0.6 is 0 Å². The Morgan fingerprint density at radius 1 is 1.05 bits per heavy atom. The lowest BCUT2D eigenvalue weighted by Gasteiger charge is -2.17. The summed E-state index contributed by atoms with van der Waals surface area (Å²) in [7, 11) is 0. The zero-order valence-electron chi connectivity index (χ0n) is 12.4. The van der Waals surface area contributed by atoms with Crippen molar-refractivity contribution in [1.82, 2.24) is 0 Å². The van der Waals surface area contributed by atoms with Crippen LogP contribution in [0.4, 0.5) is 0 Å². The molecule has 2 nitrogen and oxygen atoms in total. The van der Waals surface area contributed by atoms with Gasteiger partial charge in [-0.3, -0.25) is 4.79 Å². The fraction of sp³-hybridized carbons (Fsp3) is 0.316. The molecule has 0 aliphatic heterocycles. The first-order valence-electron chi connectivity index (χ1n) is 7.70. The third kappa shape index (κ3) is 2.99. The molecule has 0 unspecified atom stereocenters. The number of carbonyl (C=O) groups excluding carboxylic acids is 1. The molecule has 0 aromatic heterocycles. The molecule has 2 aromatic carbocycles. The summed E-state index contributed by atoms with van der Waals surface area (Å²) in [4.78, 5) is 12.0. The number of aryl methyl sites for hydroxylation is 2. The standard InChI is InChI=1S/C19H20O2/c1-2-18(20)17-9-5-6-10-19(17)21-16-12-11-14-7-3-4-8-15(14)13-16/h5-6,9-13H,2-4,7-8H2,1H3. The van der Waals surface area contributed by atoms with Crippen molar-refractivity contribution in [3.63, 3.8) is 0 Å². The van der Waals surface area contributed by atoms with Crippen molar-refractivity contribution in [2.75, 3.05) is 0 Å². The van der Waals surface area contributed by atoms with Crippen molar-refractivity contribution in [1.29, 1.82) is 0 Å². The van der Waals surface area contributed by atoms with Crippen LogP contribution < -0.4 is 4.74 Å². The number of para-hydroxylation sites is 1. The van der Waals surface area contributed by atoms with Crippen LogP contribution in [0.3, 0.4) is 0 Å². The van der Waals surface area contributed by atoms with Crippen LogP contribution in [0.15, 0.2) is 42.5 Å². The van der Waals surface area contributed by atoms with Crippen LogP contribution in [0.25, 0.3) is 0 Å². The highest BCUT2D eigenvalue weighted by molar-refractivity contribution is 5.98. The van der Waals surface area contributed by atoms with E-state index in [2.05, 4.69) is 12.1 Å². The lowest BCUT2D eigenvalue weighted by molar-refractivity contribution is 0.0986. The first-order chi connectivity index (χ1) is 10.3.